The van der Waals surface area contributed by atoms with E-state index in [1.165, 1.54) is 11.3 Å². The van der Waals surface area contributed by atoms with Crippen LogP contribution in [-0.4, -0.2) is 4.98 Å². The maximum absolute atomic E-state index is 12.7. The van der Waals surface area contributed by atoms with Crippen LogP contribution >= 0.6 is 22.9 Å². The summed E-state index contributed by atoms with van der Waals surface area (Å²) in [5, 5.41) is 15.8. The third-order valence-corrected chi connectivity index (χ3v) is 6.46. The summed E-state index contributed by atoms with van der Waals surface area (Å²) in [4.78, 5) is 17.3. The van der Waals surface area contributed by atoms with Crippen LogP contribution in [0, 0.1) is 11.3 Å². The summed E-state index contributed by atoms with van der Waals surface area (Å²) in [5.74, 6) is -0.409. The zero-order valence-corrected chi connectivity index (χ0v) is 17.8. The molecule has 4 nitrogen and oxygen atoms in total. The van der Waals surface area contributed by atoms with E-state index >= 15 is 0 Å². The van der Waals surface area contributed by atoms with E-state index in [9.17, 15) is 10.1 Å². The van der Waals surface area contributed by atoms with Gasteiger partial charge in [-0.25, -0.2) is 9.78 Å². The molecule has 1 atom stereocenters. The van der Waals surface area contributed by atoms with Crippen molar-refractivity contribution in [1.82, 2.24) is 4.98 Å². The van der Waals surface area contributed by atoms with Gasteiger partial charge in [0.25, 0.3) is 0 Å². The van der Waals surface area contributed by atoms with Crippen LogP contribution in [0.25, 0.3) is 33.0 Å². The van der Waals surface area contributed by atoms with Crippen molar-refractivity contribution in [3.8, 4) is 17.3 Å². The van der Waals surface area contributed by atoms with E-state index < -0.39 is 11.5 Å². The first kappa shape index (κ1) is 19.5. The predicted octanol–water partition coefficient (Wildman–Crippen LogP) is 6.57. The number of nitriles is 1. The van der Waals surface area contributed by atoms with Gasteiger partial charge < -0.3 is 4.42 Å². The van der Waals surface area contributed by atoms with Gasteiger partial charge in [0.1, 0.15) is 16.5 Å². The SMILES string of the molecule is N#CC(Cc1ccc(Cl)cc1)c1nc(-c2cc3c(ccc4ccccc43)oc2=O)cs1. The Morgan fingerprint density at radius 2 is 1.87 bits per heavy atom. The molecule has 3 aromatic carbocycles. The van der Waals surface area contributed by atoms with Crippen molar-refractivity contribution in [3.05, 3.63) is 98.1 Å². The third-order valence-electron chi connectivity index (χ3n) is 5.25. The van der Waals surface area contributed by atoms with Crippen LogP contribution in [0.1, 0.15) is 16.5 Å². The summed E-state index contributed by atoms with van der Waals surface area (Å²) in [7, 11) is 0. The molecule has 0 saturated heterocycles. The lowest BCUT2D eigenvalue weighted by molar-refractivity contribution is 0.563. The smallest absolute Gasteiger partial charge is 0.345 e. The molecule has 0 saturated carbocycles. The fourth-order valence-electron chi connectivity index (χ4n) is 3.67. The van der Waals surface area contributed by atoms with Crippen LogP contribution in [0.5, 0.6) is 0 Å². The van der Waals surface area contributed by atoms with Crippen LogP contribution in [0.2, 0.25) is 5.02 Å². The van der Waals surface area contributed by atoms with Gasteiger partial charge in [0.05, 0.1) is 17.3 Å². The fourth-order valence-corrected chi connectivity index (χ4v) is 4.66. The number of hydrogen-bond donors (Lipinski definition) is 0. The maximum Gasteiger partial charge on any atom is 0.345 e. The monoisotopic (exact) mass is 442 g/mol. The standard InChI is InChI=1S/C25H15ClN2O2S/c26-18-8-5-15(6-9-18)11-17(13-27)24-28-22(14-31-24)21-12-20-19-4-2-1-3-16(19)7-10-23(20)30-25(21)29/h1-10,12,14,17H,11H2. The van der Waals surface area contributed by atoms with E-state index in [-0.39, 0.29) is 0 Å². The lowest BCUT2D eigenvalue weighted by Gasteiger charge is -2.06. The molecule has 0 bridgehead atoms. The Labute approximate surface area is 187 Å². The number of rotatable bonds is 4. The van der Waals surface area contributed by atoms with Crippen molar-refractivity contribution in [1.29, 1.82) is 5.26 Å². The number of nitrogens with zero attached hydrogens (tertiary/aromatic N) is 2. The van der Waals surface area contributed by atoms with Gasteiger partial charge in [-0.3, -0.25) is 0 Å². The molecule has 5 aromatic rings. The van der Waals surface area contributed by atoms with Crippen LogP contribution < -0.4 is 5.63 Å². The molecule has 2 aromatic heterocycles. The number of fused-ring (bicyclic) bond motifs is 3. The van der Waals surface area contributed by atoms with Gasteiger partial charge in [-0.15, -0.1) is 11.3 Å². The number of benzene rings is 3. The zero-order valence-electron chi connectivity index (χ0n) is 16.2. The highest BCUT2D eigenvalue weighted by Gasteiger charge is 2.19. The van der Waals surface area contributed by atoms with Gasteiger partial charge in [0, 0.05) is 15.8 Å². The van der Waals surface area contributed by atoms with Gasteiger partial charge >= 0.3 is 5.63 Å². The summed E-state index contributed by atoms with van der Waals surface area (Å²) in [6.45, 7) is 0. The molecule has 150 valence electrons. The minimum atomic E-state index is -0.439. The molecule has 0 radical (unpaired) electrons. The van der Waals surface area contributed by atoms with E-state index in [4.69, 9.17) is 16.0 Å². The van der Waals surface area contributed by atoms with Crippen molar-refractivity contribution < 1.29 is 4.42 Å². The summed E-state index contributed by atoms with van der Waals surface area (Å²) in [6.07, 6.45) is 0.525. The van der Waals surface area contributed by atoms with Crippen molar-refractivity contribution in [2.45, 2.75) is 12.3 Å². The predicted molar refractivity (Wildman–Crippen MR) is 125 cm³/mol. The Hall–Kier alpha value is -3.46. The van der Waals surface area contributed by atoms with Gasteiger partial charge in [-0.2, -0.15) is 5.26 Å². The van der Waals surface area contributed by atoms with E-state index in [1.807, 2.05) is 72.1 Å². The Balaban J connectivity index is 1.54. The normalized spacial score (nSPS) is 12.1. The molecule has 0 aliphatic heterocycles. The highest BCUT2D eigenvalue weighted by atomic mass is 35.5. The van der Waals surface area contributed by atoms with Crippen LogP contribution in [0.15, 0.2) is 81.3 Å². The highest BCUT2D eigenvalue weighted by Crippen LogP contribution is 2.31. The Morgan fingerprint density at radius 1 is 1.06 bits per heavy atom. The number of thiazole rings is 1. The van der Waals surface area contributed by atoms with Crippen molar-refractivity contribution >= 4 is 44.7 Å². The van der Waals surface area contributed by atoms with E-state index in [0.29, 0.717) is 33.3 Å². The minimum absolute atomic E-state index is 0.398. The summed E-state index contributed by atoms with van der Waals surface area (Å²) in [6, 6.07) is 23.3. The molecular formula is C25H15ClN2O2S. The van der Waals surface area contributed by atoms with Crippen molar-refractivity contribution in [3.63, 3.8) is 0 Å². The number of aromatic nitrogens is 1. The molecule has 2 heterocycles. The molecule has 0 amide bonds. The molecule has 6 heteroatoms. The summed E-state index contributed by atoms with van der Waals surface area (Å²) in [5.41, 5.74) is 2.03. The number of halogens is 1. The topological polar surface area (TPSA) is 66.9 Å². The summed E-state index contributed by atoms with van der Waals surface area (Å²) >= 11 is 7.33. The Bertz CT molecular complexity index is 1510. The lowest BCUT2D eigenvalue weighted by Crippen LogP contribution is -2.04. The maximum atomic E-state index is 12.7. The zero-order chi connectivity index (χ0) is 21.4. The Kier molecular flexibility index (Phi) is 5.03. The molecule has 0 N–H and O–H groups in total. The van der Waals surface area contributed by atoms with E-state index in [2.05, 4.69) is 11.1 Å². The van der Waals surface area contributed by atoms with E-state index in [1.54, 1.807) is 0 Å². The van der Waals surface area contributed by atoms with Gasteiger partial charge in [-0.1, -0.05) is 54.1 Å². The molecule has 0 aliphatic rings. The molecule has 1 unspecified atom stereocenters. The minimum Gasteiger partial charge on any atom is -0.422 e. The second-order valence-corrected chi connectivity index (χ2v) is 8.56. The van der Waals surface area contributed by atoms with Crippen molar-refractivity contribution in [2.24, 2.45) is 0 Å². The van der Waals surface area contributed by atoms with Crippen molar-refractivity contribution in [2.75, 3.05) is 0 Å². The van der Waals surface area contributed by atoms with Gasteiger partial charge in [0.2, 0.25) is 0 Å². The lowest BCUT2D eigenvalue weighted by atomic mass is 10.0. The van der Waals surface area contributed by atoms with Crippen LogP contribution in [-0.2, 0) is 6.42 Å². The van der Waals surface area contributed by atoms with Gasteiger partial charge in [-0.05, 0) is 47.0 Å². The van der Waals surface area contributed by atoms with E-state index in [0.717, 1.165) is 21.7 Å². The highest BCUT2D eigenvalue weighted by molar-refractivity contribution is 7.10. The number of hydrogen-bond acceptors (Lipinski definition) is 5. The average molecular weight is 443 g/mol. The third kappa shape index (κ3) is 3.72. The summed E-state index contributed by atoms with van der Waals surface area (Å²) < 4.78 is 5.59. The van der Waals surface area contributed by atoms with Crippen LogP contribution in [0.3, 0.4) is 0 Å². The molecule has 0 aliphatic carbocycles. The second kappa shape index (κ2) is 7.99. The fraction of sp³-hybridized carbons (Fsp3) is 0.0800. The quantitative estimate of drug-likeness (QED) is 0.233. The van der Waals surface area contributed by atoms with Gasteiger partial charge in [0.15, 0.2) is 0 Å². The largest absolute Gasteiger partial charge is 0.422 e. The molecule has 5 rings (SSSR count). The molecular weight excluding hydrogens is 428 g/mol. The molecule has 0 spiro atoms. The first-order chi connectivity index (χ1) is 15.1. The molecule has 0 fully saturated rings. The second-order valence-electron chi connectivity index (χ2n) is 7.23. The first-order valence-corrected chi connectivity index (χ1v) is 10.9. The first-order valence-electron chi connectivity index (χ1n) is 9.68. The molecule has 31 heavy (non-hydrogen) atoms. The average Bonchev–Trinajstić information content (AvgIpc) is 3.28. The Morgan fingerprint density at radius 3 is 2.68 bits per heavy atom. The van der Waals surface area contributed by atoms with Crippen LogP contribution in [0.4, 0.5) is 0 Å².